The molecule has 1 saturated heterocycles. The molecular formula is C23H27N3O4S2. The van der Waals surface area contributed by atoms with Gasteiger partial charge in [0.2, 0.25) is 10.0 Å². The van der Waals surface area contributed by atoms with Crippen LogP contribution in [-0.2, 0) is 16.4 Å². The van der Waals surface area contributed by atoms with Gasteiger partial charge in [0.25, 0.3) is 0 Å². The van der Waals surface area contributed by atoms with Gasteiger partial charge >= 0.3 is 0 Å². The molecular weight excluding hydrogens is 446 g/mol. The number of hydrogen-bond donors (Lipinski definition) is 0. The van der Waals surface area contributed by atoms with Crippen molar-refractivity contribution in [2.75, 3.05) is 45.3 Å². The third kappa shape index (κ3) is 4.90. The van der Waals surface area contributed by atoms with Crippen LogP contribution in [0.2, 0.25) is 0 Å². The average molecular weight is 474 g/mol. The zero-order chi connectivity index (χ0) is 22.7. The second-order valence-electron chi connectivity index (χ2n) is 7.72. The van der Waals surface area contributed by atoms with Gasteiger partial charge in [-0.3, -0.25) is 0 Å². The van der Waals surface area contributed by atoms with Gasteiger partial charge in [0.05, 0.1) is 24.8 Å². The fraction of sp³-hybridized carbons (Fsp3) is 0.348. The van der Waals surface area contributed by atoms with Crippen LogP contribution in [0, 0.1) is 6.92 Å². The molecule has 0 N–H and O–H groups in total. The highest BCUT2D eigenvalue weighted by molar-refractivity contribution is 7.89. The van der Waals surface area contributed by atoms with Crippen LogP contribution >= 0.6 is 11.3 Å². The Labute approximate surface area is 193 Å². The van der Waals surface area contributed by atoms with Crippen LogP contribution in [0.25, 0.3) is 0 Å². The summed E-state index contributed by atoms with van der Waals surface area (Å²) in [5.41, 5.74) is 3.07. The first-order chi connectivity index (χ1) is 15.4. The summed E-state index contributed by atoms with van der Waals surface area (Å²) in [6.07, 6.45) is 0.672. The monoisotopic (exact) mass is 473 g/mol. The van der Waals surface area contributed by atoms with Crippen molar-refractivity contribution in [1.29, 1.82) is 0 Å². The number of sulfonamides is 1. The topological polar surface area (TPSA) is 72.0 Å². The van der Waals surface area contributed by atoms with Crippen LogP contribution in [0.3, 0.4) is 0 Å². The fourth-order valence-electron chi connectivity index (χ4n) is 3.68. The number of nitrogens with zero attached hydrogens (tertiary/aromatic N) is 3. The number of benzene rings is 2. The number of aromatic nitrogens is 1. The molecule has 0 spiro atoms. The Hall–Kier alpha value is -2.62. The second-order valence-corrected chi connectivity index (χ2v) is 10.5. The lowest BCUT2D eigenvalue weighted by molar-refractivity contribution is 0.384. The highest BCUT2D eigenvalue weighted by Gasteiger charge is 2.29. The molecule has 2 aromatic carbocycles. The van der Waals surface area contributed by atoms with Gasteiger partial charge in [0.1, 0.15) is 11.5 Å². The van der Waals surface area contributed by atoms with Crippen molar-refractivity contribution in [2.24, 2.45) is 0 Å². The summed E-state index contributed by atoms with van der Waals surface area (Å²) in [5, 5.41) is 2.97. The lowest BCUT2D eigenvalue weighted by Crippen LogP contribution is -2.48. The molecule has 7 nitrogen and oxygen atoms in total. The highest BCUT2D eigenvalue weighted by Crippen LogP contribution is 2.28. The maximum absolute atomic E-state index is 12.9. The van der Waals surface area contributed by atoms with Crippen LogP contribution in [-0.4, -0.2) is 58.1 Å². The predicted molar refractivity (Wildman–Crippen MR) is 127 cm³/mol. The summed E-state index contributed by atoms with van der Waals surface area (Å²) < 4.78 is 38.1. The van der Waals surface area contributed by atoms with E-state index in [9.17, 15) is 8.42 Å². The van der Waals surface area contributed by atoms with Crippen molar-refractivity contribution in [1.82, 2.24) is 9.29 Å². The highest BCUT2D eigenvalue weighted by atomic mass is 32.2. The molecule has 0 amide bonds. The molecule has 0 bridgehead atoms. The number of thiazole rings is 1. The molecule has 0 aliphatic carbocycles. The number of hydrogen-bond acceptors (Lipinski definition) is 7. The molecule has 170 valence electrons. The third-order valence-electron chi connectivity index (χ3n) is 5.50. The quantitative estimate of drug-likeness (QED) is 0.522. The van der Waals surface area contributed by atoms with Gasteiger partial charge in [0, 0.05) is 44.0 Å². The summed E-state index contributed by atoms with van der Waals surface area (Å²) in [5.74, 6) is 1.50. The first-order valence-electron chi connectivity index (χ1n) is 10.4. The van der Waals surface area contributed by atoms with Crippen molar-refractivity contribution in [3.8, 4) is 11.5 Å². The molecule has 1 fully saturated rings. The van der Waals surface area contributed by atoms with Gasteiger partial charge in [-0.1, -0.05) is 17.7 Å². The summed E-state index contributed by atoms with van der Waals surface area (Å²) in [6, 6.07) is 12.8. The Bertz CT molecular complexity index is 1150. The third-order valence-corrected chi connectivity index (χ3v) is 8.37. The number of aryl methyl sites for hydroxylation is 1. The lowest BCUT2D eigenvalue weighted by Gasteiger charge is -2.33. The Kier molecular flexibility index (Phi) is 6.68. The number of rotatable bonds is 7. The minimum Gasteiger partial charge on any atom is -0.497 e. The van der Waals surface area contributed by atoms with Crippen LogP contribution < -0.4 is 14.4 Å². The van der Waals surface area contributed by atoms with Gasteiger partial charge in [-0.2, -0.15) is 4.31 Å². The van der Waals surface area contributed by atoms with Crippen molar-refractivity contribution < 1.29 is 17.9 Å². The Morgan fingerprint density at radius 2 is 1.59 bits per heavy atom. The van der Waals surface area contributed by atoms with E-state index in [1.807, 2.05) is 37.3 Å². The predicted octanol–water partition coefficient (Wildman–Crippen LogP) is 3.57. The Morgan fingerprint density at radius 1 is 0.969 bits per heavy atom. The SMILES string of the molecule is COc1cc(Cc2csc(N3CCN(S(=O)(=O)c4ccc(C)cc4)CC3)n2)cc(OC)c1. The van der Waals surface area contributed by atoms with Crippen LogP contribution in [0.5, 0.6) is 11.5 Å². The molecule has 32 heavy (non-hydrogen) atoms. The molecule has 1 aliphatic rings. The van der Waals surface area contributed by atoms with E-state index in [2.05, 4.69) is 10.3 Å². The zero-order valence-electron chi connectivity index (χ0n) is 18.4. The molecule has 2 heterocycles. The number of piperazine rings is 1. The van der Waals surface area contributed by atoms with E-state index in [-0.39, 0.29) is 0 Å². The first kappa shape index (κ1) is 22.6. The molecule has 0 radical (unpaired) electrons. The molecule has 0 unspecified atom stereocenters. The normalized spacial score (nSPS) is 15.0. The minimum absolute atomic E-state index is 0.349. The van der Waals surface area contributed by atoms with E-state index in [4.69, 9.17) is 14.5 Å². The van der Waals surface area contributed by atoms with Crippen LogP contribution in [0.1, 0.15) is 16.8 Å². The van der Waals surface area contributed by atoms with Gasteiger partial charge in [-0.15, -0.1) is 11.3 Å². The summed E-state index contributed by atoms with van der Waals surface area (Å²) in [7, 11) is -0.193. The molecule has 1 aliphatic heterocycles. The Morgan fingerprint density at radius 3 is 2.19 bits per heavy atom. The van der Waals surface area contributed by atoms with E-state index in [0.717, 1.165) is 33.5 Å². The van der Waals surface area contributed by atoms with E-state index in [1.54, 1.807) is 42.0 Å². The number of ether oxygens (including phenoxy) is 2. The van der Waals surface area contributed by atoms with E-state index >= 15 is 0 Å². The number of anilines is 1. The Balaban J connectivity index is 1.40. The van der Waals surface area contributed by atoms with E-state index in [1.165, 1.54) is 0 Å². The van der Waals surface area contributed by atoms with E-state index in [0.29, 0.717) is 37.5 Å². The minimum atomic E-state index is -3.47. The van der Waals surface area contributed by atoms with Crippen LogP contribution in [0.4, 0.5) is 5.13 Å². The van der Waals surface area contributed by atoms with Crippen LogP contribution in [0.15, 0.2) is 52.7 Å². The lowest BCUT2D eigenvalue weighted by atomic mass is 10.1. The van der Waals surface area contributed by atoms with Crippen molar-refractivity contribution in [3.05, 3.63) is 64.7 Å². The molecule has 0 saturated carbocycles. The van der Waals surface area contributed by atoms with Crippen molar-refractivity contribution >= 4 is 26.5 Å². The first-order valence-corrected chi connectivity index (χ1v) is 12.7. The van der Waals surface area contributed by atoms with Gasteiger partial charge < -0.3 is 14.4 Å². The van der Waals surface area contributed by atoms with Gasteiger partial charge in [-0.25, -0.2) is 13.4 Å². The summed E-state index contributed by atoms with van der Waals surface area (Å²) in [4.78, 5) is 7.29. The second kappa shape index (κ2) is 9.48. The van der Waals surface area contributed by atoms with Gasteiger partial charge in [0.15, 0.2) is 5.13 Å². The van der Waals surface area contributed by atoms with Crippen molar-refractivity contribution in [2.45, 2.75) is 18.2 Å². The smallest absolute Gasteiger partial charge is 0.243 e. The van der Waals surface area contributed by atoms with Crippen molar-refractivity contribution in [3.63, 3.8) is 0 Å². The number of methoxy groups -OCH3 is 2. The summed E-state index contributed by atoms with van der Waals surface area (Å²) in [6.45, 7) is 4.06. The molecule has 4 rings (SSSR count). The standard InChI is InChI=1S/C23H27N3O4S2/c1-17-4-6-22(7-5-17)32(27,28)26-10-8-25(9-11-26)23-24-19(16-31-23)12-18-13-20(29-2)15-21(14-18)30-3/h4-7,13-16H,8-12H2,1-3H3. The molecule has 0 atom stereocenters. The maximum Gasteiger partial charge on any atom is 0.243 e. The van der Waals surface area contributed by atoms with Gasteiger partial charge in [-0.05, 0) is 36.8 Å². The molecule has 9 heteroatoms. The largest absolute Gasteiger partial charge is 0.497 e. The molecule has 3 aromatic rings. The summed E-state index contributed by atoms with van der Waals surface area (Å²) >= 11 is 1.59. The zero-order valence-corrected chi connectivity index (χ0v) is 20.1. The van der Waals surface area contributed by atoms with E-state index < -0.39 is 10.0 Å². The molecule has 1 aromatic heterocycles. The average Bonchev–Trinajstić information content (AvgIpc) is 3.27. The maximum atomic E-state index is 12.9. The fourth-order valence-corrected chi connectivity index (χ4v) is 5.98.